The zero-order valence-corrected chi connectivity index (χ0v) is 22.7. The number of hydrogen-bond donors (Lipinski definition) is 5. The minimum atomic E-state index is -2.20. The van der Waals surface area contributed by atoms with E-state index in [2.05, 4.69) is 11.7 Å². The summed E-state index contributed by atoms with van der Waals surface area (Å²) in [6, 6.07) is 0. The average molecular weight is 505 g/mol. The van der Waals surface area contributed by atoms with E-state index in [-0.39, 0.29) is 47.0 Å². The van der Waals surface area contributed by atoms with Gasteiger partial charge in [-0.15, -0.1) is 0 Å². The van der Waals surface area contributed by atoms with Gasteiger partial charge in [0.25, 0.3) is 0 Å². The smallest absolute Gasteiger partial charge is 1.00 e. The fourth-order valence-corrected chi connectivity index (χ4v) is 3.53. The summed E-state index contributed by atoms with van der Waals surface area (Å²) in [6.07, 6.45) is 10.0. The largest absolute Gasteiger partial charge is 2.00 e. The molecule has 8 nitrogen and oxygen atoms in total. The topological polar surface area (TPSA) is 145 Å². The Balaban J connectivity index is -0.00000160. The van der Waals surface area contributed by atoms with E-state index in [1.165, 1.54) is 70.6 Å². The first-order valence-electron chi connectivity index (χ1n) is 12.4. The van der Waals surface area contributed by atoms with Crippen molar-refractivity contribution < 1.29 is 42.7 Å². The van der Waals surface area contributed by atoms with E-state index in [1.54, 1.807) is 0 Å². The van der Waals surface area contributed by atoms with Crippen LogP contribution in [-0.4, -0.2) is 106 Å². The van der Waals surface area contributed by atoms with Crippen molar-refractivity contribution in [2.24, 2.45) is 0 Å². The summed E-state index contributed by atoms with van der Waals surface area (Å²) < 4.78 is 4.47. The Morgan fingerprint density at radius 1 is 0.697 bits per heavy atom. The van der Waals surface area contributed by atoms with Crippen LogP contribution < -0.4 is 0 Å². The maximum Gasteiger partial charge on any atom is 2.00 e. The molecule has 33 heavy (non-hydrogen) atoms. The van der Waals surface area contributed by atoms with Crippen molar-refractivity contribution in [1.29, 1.82) is 0 Å². The molecule has 0 aromatic rings. The molecule has 0 aliphatic carbocycles. The number of unbranched alkanes of at least 4 members (excludes halogenated alkanes) is 14. The first-order chi connectivity index (χ1) is 15.3. The molecule has 0 spiro atoms. The Bertz CT molecular complexity index is 488. The number of hydrogen-bond acceptors (Lipinski definition) is 8. The number of carbonyl (C=O) groups is 2. The van der Waals surface area contributed by atoms with Crippen molar-refractivity contribution in [3.05, 3.63) is 0 Å². The Hall–Kier alpha value is 0.200. The Morgan fingerprint density at radius 2 is 1.09 bits per heavy atom. The predicted molar refractivity (Wildman–Crippen MR) is 130 cm³/mol. The molecule has 0 saturated carbocycles. The fraction of sp³-hybridized carbons (Fsp3) is 0.917. The molecule has 194 valence electrons. The second-order valence-corrected chi connectivity index (χ2v) is 8.67. The van der Waals surface area contributed by atoms with E-state index in [1.807, 2.05) is 0 Å². The summed E-state index contributed by atoms with van der Waals surface area (Å²) in [5, 5.41) is 46.6. The molecule has 5 N–H and O–H groups in total. The van der Waals surface area contributed by atoms with Gasteiger partial charge in [-0.1, -0.05) is 96.8 Å². The number of aliphatic hydroxyl groups excluding tert-OH is 5. The van der Waals surface area contributed by atoms with Gasteiger partial charge in [-0.2, -0.15) is 0 Å². The van der Waals surface area contributed by atoms with Crippen molar-refractivity contribution in [1.82, 2.24) is 0 Å². The number of rotatable bonds is 21. The molecule has 0 aromatic carbocycles. The summed E-state index contributed by atoms with van der Waals surface area (Å²) in [6.45, 7) is 1.37. The molecule has 4 unspecified atom stereocenters. The maximum atomic E-state index is 11.7. The SMILES string of the molecule is CCCCCCCCCCCCCCCCCC(=O)OC(=O)C(O)C(O)C(O)C(O)CO.[Ca+2].[H-].[H-]. The van der Waals surface area contributed by atoms with Crippen LogP contribution in [0.4, 0.5) is 0 Å². The molecule has 0 saturated heterocycles. The van der Waals surface area contributed by atoms with Crippen molar-refractivity contribution in [2.45, 2.75) is 134 Å². The monoisotopic (exact) mass is 504 g/mol. The summed E-state index contributed by atoms with van der Waals surface area (Å²) in [7, 11) is 0. The molecule has 0 amide bonds. The van der Waals surface area contributed by atoms with Crippen LogP contribution in [0.1, 0.15) is 113 Å². The number of esters is 2. The molecule has 4 atom stereocenters. The summed E-state index contributed by atoms with van der Waals surface area (Å²) >= 11 is 0. The molecule has 0 aromatic heterocycles. The van der Waals surface area contributed by atoms with Crippen LogP contribution in [0.3, 0.4) is 0 Å². The van der Waals surface area contributed by atoms with E-state index in [0.717, 1.165) is 19.3 Å². The number of ether oxygens (including phenoxy) is 1. The number of carbonyl (C=O) groups excluding carboxylic acids is 2. The van der Waals surface area contributed by atoms with Crippen molar-refractivity contribution >= 4 is 49.7 Å². The van der Waals surface area contributed by atoms with Gasteiger partial charge in [-0.3, -0.25) is 4.79 Å². The third-order valence-corrected chi connectivity index (χ3v) is 5.70. The minimum Gasteiger partial charge on any atom is -1.00 e. The Labute approximate surface area is 232 Å². The Kier molecular flexibility index (Phi) is 25.6. The van der Waals surface area contributed by atoms with Gasteiger partial charge in [0.2, 0.25) is 0 Å². The zero-order chi connectivity index (χ0) is 24.2. The van der Waals surface area contributed by atoms with Gasteiger partial charge >= 0.3 is 49.7 Å². The molecule has 0 aliphatic heterocycles. The summed E-state index contributed by atoms with van der Waals surface area (Å²) in [5.74, 6) is -2.21. The first-order valence-corrected chi connectivity index (χ1v) is 12.4. The van der Waals surface area contributed by atoms with E-state index in [4.69, 9.17) is 5.11 Å². The quantitative estimate of drug-likeness (QED) is 0.0694. The standard InChI is InChI=1S/C24H46O8.Ca.2H/c1-2-3-4-5-6-7-8-9-10-11-12-13-14-15-16-17-20(27)32-24(31)23(30)22(29)21(28)19(26)18-25;;;/h19,21-23,25-26,28-30H,2-18H2,1H3;;;/q;+2;2*-1. The molecule has 9 heteroatoms. The van der Waals surface area contributed by atoms with Gasteiger partial charge in [0.05, 0.1) is 6.61 Å². The van der Waals surface area contributed by atoms with Crippen molar-refractivity contribution in [2.75, 3.05) is 6.61 Å². The third kappa shape index (κ3) is 19.1. The van der Waals surface area contributed by atoms with Crippen molar-refractivity contribution in [3.63, 3.8) is 0 Å². The molecule has 0 fully saturated rings. The van der Waals surface area contributed by atoms with E-state index in [9.17, 15) is 30.0 Å². The van der Waals surface area contributed by atoms with Gasteiger partial charge in [-0.05, 0) is 6.42 Å². The zero-order valence-electron chi connectivity index (χ0n) is 22.5. The van der Waals surface area contributed by atoms with E-state index >= 15 is 0 Å². The summed E-state index contributed by atoms with van der Waals surface area (Å²) in [4.78, 5) is 23.3. The van der Waals surface area contributed by atoms with Gasteiger partial charge < -0.3 is 33.1 Å². The van der Waals surface area contributed by atoms with Crippen LogP contribution in [0.2, 0.25) is 0 Å². The van der Waals surface area contributed by atoms with Crippen LogP contribution in [0.25, 0.3) is 0 Å². The first kappa shape index (κ1) is 35.4. The van der Waals surface area contributed by atoms with Gasteiger partial charge in [0, 0.05) is 6.42 Å². The van der Waals surface area contributed by atoms with E-state index in [0.29, 0.717) is 6.42 Å². The molecule has 0 bridgehead atoms. The van der Waals surface area contributed by atoms with Crippen molar-refractivity contribution in [3.8, 4) is 0 Å². The van der Waals surface area contributed by atoms with Gasteiger partial charge in [0.15, 0.2) is 6.10 Å². The maximum absolute atomic E-state index is 11.7. The normalized spacial score (nSPS) is 14.7. The predicted octanol–water partition coefficient (Wildman–Crippen LogP) is 2.60. The van der Waals surface area contributed by atoms with Gasteiger partial charge in [0.1, 0.15) is 18.3 Å². The second-order valence-electron chi connectivity index (χ2n) is 8.67. The molecular formula is C24H48CaO8. The van der Waals surface area contributed by atoms with E-state index < -0.39 is 43.0 Å². The minimum absolute atomic E-state index is 0. The van der Waals surface area contributed by atoms with Crippen LogP contribution >= 0.6 is 0 Å². The van der Waals surface area contributed by atoms with Crippen LogP contribution in [0.5, 0.6) is 0 Å². The van der Waals surface area contributed by atoms with Gasteiger partial charge in [-0.25, -0.2) is 4.79 Å². The van der Waals surface area contributed by atoms with Crippen LogP contribution in [0.15, 0.2) is 0 Å². The molecule has 0 heterocycles. The molecule has 0 radical (unpaired) electrons. The average Bonchev–Trinajstić information content (AvgIpc) is 2.79. The summed E-state index contributed by atoms with van der Waals surface area (Å²) in [5.41, 5.74) is 0. The third-order valence-electron chi connectivity index (χ3n) is 5.70. The molecular weight excluding hydrogens is 456 g/mol. The Morgan fingerprint density at radius 3 is 1.48 bits per heavy atom. The van der Waals surface area contributed by atoms with Crippen LogP contribution in [-0.2, 0) is 14.3 Å². The molecule has 0 rings (SSSR count). The van der Waals surface area contributed by atoms with Crippen LogP contribution in [0, 0.1) is 0 Å². The second kappa shape index (κ2) is 23.9. The fourth-order valence-electron chi connectivity index (χ4n) is 3.53. The number of aliphatic hydroxyl groups is 5. The molecule has 0 aliphatic rings.